The number of piperazine rings is 1. The Hall–Kier alpha value is -3.07. The molecule has 2 N–H and O–H groups in total. The highest BCUT2D eigenvalue weighted by atomic mass is 16.2. The summed E-state index contributed by atoms with van der Waals surface area (Å²) >= 11 is 0. The van der Waals surface area contributed by atoms with Gasteiger partial charge < -0.3 is 4.90 Å². The molecular weight excluding hydrogens is 396 g/mol. The van der Waals surface area contributed by atoms with Crippen molar-refractivity contribution in [1.82, 2.24) is 24.9 Å². The van der Waals surface area contributed by atoms with Crippen molar-refractivity contribution in [2.75, 3.05) is 37.6 Å². The van der Waals surface area contributed by atoms with Crippen LogP contribution in [-0.4, -0.2) is 58.6 Å². The van der Waals surface area contributed by atoms with E-state index in [0.717, 1.165) is 44.7 Å². The lowest BCUT2D eigenvalue weighted by Gasteiger charge is -2.36. The Morgan fingerprint density at radius 3 is 2.45 bits per heavy atom. The van der Waals surface area contributed by atoms with Crippen LogP contribution in [0.25, 0.3) is 0 Å². The molecule has 2 aromatic rings. The molecule has 0 atom stereocenters. The van der Waals surface area contributed by atoms with E-state index in [1.165, 1.54) is 10.3 Å². The number of carbonyl (C=O) groups excluding carboxylic acids is 2. The molecule has 4 rings (SSSR count). The van der Waals surface area contributed by atoms with Crippen LogP contribution in [0.5, 0.6) is 0 Å². The number of imidazole rings is 1. The minimum atomic E-state index is -0.444. The molecule has 9 heteroatoms. The van der Waals surface area contributed by atoms with E-state index in [1.54, 1.807) is 11.6 Å². The first-order valence-electron chi connectivity index (χ1n) is 10.9. The number of para-hydroxylation sites is 1. The summed E-state index contributed by atoms with van der Waals surface area (Å²) in [6.07, 6.45) is 2.89. The van der Waals surface area contributed by atoms with Crippen molar-refractivity contribution in [1.29, 1.82) is 0 Å². The molecule has 0 bridgehead atoms. The van der Waals surface area contributed by atoms with Crippen LogP contribution in [0.2, 0.25) is 0 Å². The highest BCUT2D eigenvalue weighted by molar-refractivity contribution is 5.95. The molecule has 0 aliphatic carbocycles. The number of amides is 2. The minimum absolute atomic E-state index is 0.180. The van der Waals surface area contributed by atoms with Crippen LogP contribution in [0.15, 0.2) is 35.1 Å². The second-order valence-corrected chi connectivity index (χ2v) is 8.16. The maximum atomic E-state index is 12.6. The Labute approximate surface area is 181 Å². The number of carbonyl (C=O) groups is 2. The number of hydrogen-bond donors (Lipinski definition) is 2. The van der Waals surface area contributed by atoms with Crippen molar-refractivity contribution in [3.8, 4) is 0 Å². The van der Waals surface area contributed by atoms with Gasteiger partial charge in [0.1, 0.15) is 5.69 Å². The van der Waals surface area contributed by atoms with Gasteiger partial charge in [0.25, 0.3) is 5.91 Å². The second kappa shape index (κ2) is 9.38. The third-order valence-electron chi connectivity index (χ3n) is 6.18. The molecule has 31 heavy (non-hydrogen) atoms. The summed E-state index contributed by atoms with van der Waals surface area (Å²) in [5.41, 5.74) is 7.11. The summed E-state index contributed by atoms with van der Waals surface area (Å²) in [6, 6.07) is 10.3. The van der Waals surface area contributed by atoms with Gasteiger partial charge in [-0.15, -0.1) is 0 Å². The highest BCUT2D eigenvalue weighted by Crippen LogP contribution is 2.17. The van der Waals surface area contributed by atoms with E-state index < -0.39 is 5.91 Å². The molecule has 0 radical (unpaired) electrons. The largest absolute Gasteiger partial charge is 0.369 e. The fraction of sp³-hybridized carbons (Fsp3) is 0.500. The third kappa shape index (κ3) is 4.66. The number of hydrazine groups is 1. The molecule has 9 nitrogen and oxygen atoms in total. The zero-order valence-electron chi connectivity index (χ0n) is 18.0. The van der Waals surface area contributed by atoms with Gasteiger partial charge in [-0.25, -0.2) is 4.79 Å². The van der Waals surface area contributed by atoms with Gasteiger partial charge in [-0.3, -0.25) is 34.5 Å². The third-order valence-corrected chi connectivity index (χ3v) is 6.18. The Bertz CT molecular complexity index is 989. The number of nitrogens with zero attached hydrogens (tertiary/aromatic N) is 4. The predicted molar refractivity (Wildman–Crippen MR) is 118 cm³/mol. The topological polar surface area (TPSA) is 91.6 Å². The molecule has 2 aliphatic heterocycles. The van der Waals surface area contributed by atoms with Gasteiger partial charge in [0.15, 0.2) is 0 Å². The predicted octanol–water partition coefficient (Wildman–Crippen LogP) is 0.496. The van der Waals surface area contributed by atoms with Crippen molar-refractivity contribution in [2.24, 2.45) is 7.05 Å². The van der Waals surface area contributed by atoms with Crippen molar-refractivity contribution >= 4 is 17.5 Å². The molecule has 1 aromatic heterocycles. The fourth-order valence-corrected chi connectivity index (χ4v) is 4.42. The van der Waals surface area contributed by atoms with Gasteiger partial charge in [0.2, 0.25) is 5.91 Å². The summed E-state index contributed by atoms with van der Waals surface area (Å²) in [6.45, 7) is 4.93. The van der Waals surface area contributed by atoms with E-state index in [0.29, 0.717) is 31.6 Å². The van der Waals surface area contributed by atoms with E-state index in [1.807, 2.05) is 18.2 Å². The quantitative estimate of drug-likeness (QED) is 0.680. The summed E-state index contributed by atoms with van der Waals surface area (Å²) in [4.78, 5) is 41.8. The van der Waals surface area contributed by atoms with E-state index in [4.69, 9.17) is 0 Å². The summed E-state index contributed by atoms with van der Waals surface area (Å²) in [5.74, 6) is -0.683. The van der Waals surface area contributed by atoms with E-state index >= 15 is 0 Å². The molecule has 166 valence electrons. The number of anilines is 1. The van der Waals surface area contributed by atoms with Crippen molar-refractivity contribution in [3.63, 3.8) is 0 Å². The second-order valence-electron chi connectivity index (χ2n) is 8.16. The van der Waals surface area contributed by atoms with Gasteiger partial charge in [-0.2, -0.15) is 0 Å². The smallest absolute Gasteiger partial charge is 0.328 e. The average molecular weight is 427 g/mol. The SMILES string of the molecule is Cn1c(C(=O)NNC(=O)CCN2CCN(c3ccccc3)CC2)c2n(c1=O)CCCC2. The van der Waals surface area contributed by atoms with Crippen LogP contribution in [-0.2, 0) is 24.8 Å². The Morgan fingerprint density at radius 1 is 0.968 bits per heavy atom. The molecule has 0 unspecified atom stereocenters. The van der Waals surface area contributed by atoms with Gasteiger partial charge in [-0.05, 0) is 31.4 Å². The number of rotatable bonds is 5. The molecular formula is C22H30N6O3. The van der Waals surface area contributed by atoms with Gasteiger partial charge in [-0.1, -0.05) is 18.2 Å². The molecule has 1 fully saturated rings. The van der Waals surface area contributed by atoms with Crippen LogP contribution in [0, 0.1) is 0 Å². The lowest BCUT2D eigenvalue weighted by Crippen LogP contribution is -2.48. The molecule has 1 saturated heterocycles. The van der Waals surface area contributed by atoms with Crippen molar-refractivity contribution in [3.05, 3.63) is 52.2 Å². The van der Waals surface area contributed by atoms with Gasteiger partial charge in [0.05, 0.1) is 5.69 Å². The molecule has 2 aliphatic rings. The van der Waals surface area contributed by atoms with Crippen LogP contribution in [0.1, 0.15) is 35.4 Å². The van der Waals surface area contributed by atoms with E-state index in [2.05, 4.69) is 32.8 Å². The average Bonchev–Trinajstić information content (AvgIpc) is 3.07. The number of fused-ring (bicyclic) bond motifs is 1. The standard InChI is InChI=1S/C22H30N6O3/c1-25-20(18-9-5-6-11-28(18)22(25)31)21(30)24-23-19(29)10-12-26-13-15-27(16-14-26)17-7-3-2-4-8-17/h2-4,7-8H,5-6,9-16H2,1H3,(H,23,29)(H,24,30). The Morgan fingerprint density at radius 2 is 1.71 bits per heavy atom. The minimum Gasteiger partial charge on any atom is -0.369 e. The zero-order valence-corrected chi connectivity index (χ0v) is 18.0. The monoisotopic (exact) mass is 426 g/mol. The lowest BCUT2D eigenvalue weighted by atomic mass is 10.1. The van der Waals surface area contributed by atoms with Crippen LogP contribution < -0.4 is 21.4 Å². The van der Waals surface area contributed by atoms with Crippen LogP contribution >= 0.6 is 0 Å². The number of aromatic nitrogens is 2. The van der Waals surface area contributed by atoms with Crippen molar-refractivity contribution < 1.29 is 9.59 Å². The van der Waals surface area contributed by atoms with E-state index in [-0.39, 0.29) is 11.6 Å². The molecule has 2 amide bonds. The van der Waals surface area contributed by atoms with Gasteiger partial charge in [0, 0.05) is 58.4 Å². The fourth-order valence-electron chi connectivity index (χ4n) is 4.42. The summed E-state index contributed by atoms with van der Waals surface area (Å²) in [7, 11) is 1.60. The lowest BCUT2D eigenvalue weighted by molar-refractivity contribution is -0.122. The molecule has 1 aromatic carbocycles. The normalized spacial score (nSPS) is 16.6. The first kappa shape index (κ1) is 21.2. The maximum Gasteiger partial charge on any atom is 0.328 e. The number of hydrogen-bond acceptors (Lipinski definition) is 5. The first-order valence-corrected chi connectivity index (χ1v) is 10.9. The molecule has 3 heterocycles. The molecule has 0 saturated carbocycles. The van der Waals surface area contributed by atoms with Crippen LogP contribution in [0.3, 0.4) is 0 Å². The molecule has 0 spiro atoms. The van der Waals surface area contributed by atoms with Gasteiger partial charge >= 0.3 is 5.69 Å². The van der Waals surface area contributed by atoms with Crippen molar-refractivity contribution in [2.45, 2.75) is 32.2 Å². The summed E-state index contributed by atoms with van der Waals surface area (Å²) in [5, 5.41) is 0. The Balaban J connectivity index is 1.23. The Kier molecular flexibility index (Phi) is 6.41. The first-order chi connectivity index (χ1) is 15.0. The number of nitrogens with one attached hydrogen (secondary N) is 2. The highest BCUT2D eigenvalue weighted by Gasteiger charge is 2.25. The van der Waals surface area contributed by atoms with E-state index in [9.17, 15) is 14.4 Å². The number of benzene rings is 1. The zero-order chi connectivity index (χ0) is 21.8. The maximum absolute atomic E-state index is 12.6. The van der Waals surface area contributed by atoms with Crippen LogP contribution in [0.4, 0.5) is 5.69 Å². The summed E-state index contributed by atoms with van der Waals surface area (Å²) < 4.78 is 3.03.